The largest absolute Gasteiger partial charge is 0.380 e. The van der Waals surface area contributed by atoms with Crippen LogP contribution in [-0.4, -0.2) is 24.1 Å². The Kier molecular flexibility index (Phi) is 4.09. The Morgan fingerprint density at radius 1 is 1.28 bits per heavy atom. The maximum Gasteiger partial charge on any atom is 0.224 e. The zero-order valence-electron chi connectivity index (χ0n) is 10.5. The summed E-state index contributed by atoms with van der Waals surface area (Å²) in [5.41, 5.74) is 2.09. The Labute approximate surface area is 106 Å². The van der Waals surface area contributed by atoms with Gasteiger partial charge in [0.2, 0.25) is 5.95 Å². The molecule has 2 rings (SSSR count). The molecule has 0 radical (unpaired) electrons. The molecule has 0 saturated carbocycles. The van der Waals surface area contributed by atoms with E-state index in [-0.39, 0.29) is 0 Å². The first kappa shape index (κ1) is 12.3. The molecule has 2 aromatic rings. The second kappa shape index (κ2) is 5.97. The molecule has 0 fully saturated rings. The molecule has 0 unspecified atom stereocenters. The normalized spacial score (nSPS) is 10.1. The van der Waals surface area contributed by atoms with Crippen molar-refractivity contribution in [2.75, 3.05) is 24.8 Å². The highest BCUT2D eigenvalue weighted by molar-refractivity contribution is 5.57. The van der Waals surface area contributed by atoms with Crippen LogP contribution >= 0.6 is 0 Å². The Bertz CT molecular complexity index is 516. The highest BCUT2D eigenvalue weighted by Crippen LogP contribution is 2.16. The molecule has 0 bridgehead atoms. The summed E-state index contributed by atoms with van der Waals surface area (Å²) in [4.78, 5) is 8.36. The monoisotopic (exact) mass is 244 g/mol. The van der Waals surface area contributed by atoms with Crippen LogP contribution in [0.1, 0.15) is 5.56 Å². The molecular formula is C13H16N4O. The molecule has 1 heterocycles. The van der Waals surface area contributed by atoms with Crippen molar-refractivity contribution >= 4 is 17.5 Å². The van der Waals surface area contributed by atoms with Gasteiger partial charge in [0.15, 0.2) is 0 Å². The molecule has 0 aliphatic carbocycles. The molecule has 5 nitrogen and oxygen atoms in total. The number of hydrogen-bond donors (Lipinski definition) is 2. The second-order valence-corrected chi connectivity index (χ2v) is 3.77. The van der Waals surface area contributed by atoms with E-state index in [1.54, 1.807) is 20.4 Å². The maximum absolute atomic E-state index is 5.11. The lowest BCUT2D eigenvalue weighted by Crippen LogP contribution is -2.00. The van der Waals surface area contributed by atoms with Crippen LogP contribution in [-0.2, 0) is 11.3 Å². The summed E-state index contributed by atoms with van der Waals surface area (Å²) in [7, 11) is 3.47. The van der Waals surface area contributed by atoms with Gasteiger partial charge in [-0.3, -0.25) is 0 Å². The van der Waals surface area contributed by atoms with Crippen molar-refractivity contribution in [1.29, 1.82) is 0 Å². The van der Waals surface area contributed by atoms with Gasteiger partial charge in [-0.05, 0) is 23.8 Å². The highest BCUT2D eigenvalue weighted by Gasteiger charge is 1.99. The predicted octanol–water partition coefficient (Wildman–Crippen LogP) is 2.41. The van der Waals surface area contributed by atoms with Crippen molar-refractivity contribution in [3.05, 3.63) is 42.1 Å². The van der Waals surface area contributed by atoms with Crippen LogP contribution in [0.25, 0.3) is 0 Å². The zero-order valence-corrected chi connectivity index (χ0v) is 10.5. The molecule has 0 saturated heterocycles. The molecule has 1 aromatic carbocycles. The second-order valence-electron chi connectivity index (χ2n) is 3.77. The fourth-order valence-corrected chi connectivity index (χ4v) is 1.60. The van der Waals surface area contributed by atoms with Crippen LogP contribution in [0.4, 0.5) is 17.5 Å². The number of anilines is 3. The Morgan fingerprint density at radius 2 is 2.17 bits per heavy atom. The van der Waals surface area contributed by atoms with Crippen molar-refractivity contribution < 1.29 is 4.74 Å². The topological polar surface area (TPSA) is 59.1 Å². The first-order valence-electron chi connectivity index (χ1n) is 5.67. The van der Waals surface area contributed by atoms with Crippen LogP contribution in [0.5, 0.6) is 0 Å². The highest BCUT2D eigenvalue weighted by atomic mass is 16.5. The molecule has 0 spiro atoms. The van der Waals surface area contributed by atoms with E-state index < -0.39 is 0 Å². The molecule has 94 valence electrons. The van der Waals surface area contributed by atoms with E-state index in [1.165, 1.54) is 0 Å². The number of rotatable bonds is 5. The van der Waals surface area contributed by atoms with Gasteiger partial charge in [0, 0.05) is 26.0 Å². The molecule has 5 heteroatoms. The third-order valence-electron chi connectivity index (χ3n) is 2.39. The minimum absolute atomic E-state index is 0.591. The minimum Gasteiger partial charge on any atom is -0.380 e. The average molecular weight is 244 g/mol. The third-order valence-corrected chi connectivity index (χ3v) is 2.39. The third kappa shape index (κ3) is 3.18. The van der Waals surface area contributed by atoms with Crippen molar-refractivity contribution in [3.8, 4) is 0 Å². The van der Waals surface area contributed by atoms with Crippen molar-refractivity contribution in [2.24, 2.45) is 0 Å². The van der Waals surface area contributed by atoms with Gasteiger partial charge in [-0.15, -0.1) is 0 Å². The summed E-state index contributed by atoms with van der Waals surface area (Å²) in [5.74, 6) is 1.34. The average Bonchev–Trinajstić information content (AvgIpc) is 2.40. The van der Waals surface area contributed by atoms with E-state index in [0.29, 0.717) is 12.6 Å². The van der Waals surface area contributed by atoms with Crippen LogP contribution in [0.3, 0.4) is 0 Å². The molecule has 0 atom stereocenters. The Morgan fingerprint density at radius 3 is 2.94 bits per heavy atom. The number of ether oxygens (including phenoxy) is 1. The molecule has 0 aliphatic heterocycles. The number of benzene rings is 1. The van der Waals surface area contributed by atoms with E-state index in [4.69, 9.17) is 4.74 Å². The minimum atomic E-state index is 0.591. The molecule has 0 amide bonds. The predicted molar refractivity (Wildman–Crippen MR) is 72.0 cm³/mol. The molecule has 1 aromatic heterocycles. The van der Waals surface area contributed by atoms with Gasteiger partial charge in [0.05, 0.1) is 6.61 Å². The quantitative estimate of drug-likeness (QED) is 0.845. The van der Waals surface area contributed by atoms with Crippen LogP contribution in [0.2, 0.25) is 0 Å². The lowest BCUT2D eigenvalue weighted by Gasteiger charge is -2.08. The lowest BCUT2D eigenvalue weighted by molar-refractivity contribution is 0.185. The number of aromatic nitrogens is 2. The first-order valence-corrected chi connectivity index (χ1v) is 5.67. The van der Waals surface area contributed by atoms with Gasteiger partial charge < -0.3 is 15.4 Å². The smallest absolute Gasteiger partial charge is 0.224 e. The van der Waals surface area contributed by atoms with Gasteiger partial charge in [-0.2, -0.15) is 4.98 Å². The zero-order chi connectivity index (χ0) is 12.8. The fraction of sp³-hybridized carbons (Fsp3) is 0.231. The maximum atomic E-state index is 5.11. The van der Waals surface area contributed by atoms with Crippen molar-refractivity contribution in [3.63, 3.8) is 0 Å². The van der Waals surface area contributed by atoms with E-state index in [1.807, 2.05) is 30.3 Å². The van der Waals surface area contributed by atoms with Crippen LogP contribution in [0.15, 0.2) is 36.5 Å². The number of hydrogen-bond acceptors (Lipinski definition) is 5. The summed E-state index contributed by atoms with van der Waals surface area (Å²) in [6.45, 7) is 0.598. The van der Waals surface area contributed by atoms with Gasteiger partial charge in [0.1, 0.15) is 5.82 Å². The van der Waals surface area contributed by atoms with Crippen molar-refractivity contribution in [2.45, 2.75) is 6.61 Å². The molecular weight excluding hydrogens is 228 g/mol. The molecule has 0 aliphatic rings. The van der Waals surface area contributed by atoms with E-state index in [9.17, 15) is 0 Å². The van der Waals surface area contributed by atoms with Crippen LogP contribution < -0.4 is 10.6 Å². The van der Waals surface area contributed by atoms with E-state index in [2.05, 4.69) is 20.6 Å². The molecule has 18 heavy (non-hydrogen) atoms. The number of nitrogens with one attached hydrogen (secondary N) is 2. The summed E-state index contributed by atoms with van der Waals surface area (Å²) < 4.78 is 5.11. The van der Waals surface area contributed by atoms with Gasteiger partial charge in [-0.25, -0.2) is 4.98 Å². The summed E-state index contributed by atoms with van der Waals surface area (Å²) >= 11 is 0. The van der Waals surface area contributed by atoms with Crippen LogP contribution in [0, 0.1) is 0 Å². The number of nitrogens with zero attached hydrogens (tertiary/aromatic N) is 2. The Hall–Kier alpha value is -2.14. The SMILES string of the molecule is CNc1nccc(Nc2cccc(COC)c2)n1. The first-order chi connectivity index (χ1) is 8.81. The summed E-state index contributed by atoms with van der Waals surface area (Å²) in [5, 5.41) is 6.13. The van der Waals surface area contributed by atoms with E-state index >= 15 is 0 Å². The molecule has 2 N–H and O–H groups in total. The number of methoxy groups -OCH3 is 1. The van der Waals surface area contributed by atoms with E-state index in [0.717, 1.165) is 17.1 Å². The van der Waals surface area contributed by atoms with Gasteiger partial charge in [-0.1, -0.05) is 12.1 Å². The Balaban J connectivity index is 2.14. The summed E-state index contributed by atoms with van der Waals surface area (Å²) in [6, 6.07) is 9.85. The fourth-order valence-electron chi connectivity index (χ4n) is 1.60. The lowest BCUT2D eigenvalue weighted by atomic mass is 10.2. The van der Waals surface area contributed by atoms with Crippen molar-refractivity contribution in [1.82, 2.24) is 9.97 Å². The standard InChI is InChI=1S/C13H16N4O/c1-14-13-15-7-6-12(17-13)16-11-5-3-4-10(8-11)9-18-2/h3-8H,9H2,1-2H3,(H2,14,15,16,17). The van der Waals surface area contributed by atoms with Gasteiger partial charge in [0.25, 0.3) is 0 Å². The van der Waals surface area contributed by atoms with Gasteiger partial charge >= 0.3 is 0 Å². The summed E-state index contributed by atoms with van der Waals surface area (Å²) in [6.07, 6.45) is 1.71.